The van der Waals surface area contributed by atoms with Crippen LogP contribution in [-0.4, -0.2) is 20.1 Å². The fourth-order valence-electron chi connectivity index (χ4n) is 3.54. The van der Waals surface area contributed by atoms with Crippen molar-refractivity contribution in [2.24, 2.45) is 4.99 Å². The Morgan fingerprint density at radius 3 is 1.79 bits per heavy atom. The number of rotatable bonds is 4. The molecule has 3 aromatic carbocycles. The summed E-state index contributed by atoms with van der Waals surface area (Å²) in [7, 11) is 1.62. The minimum atomic E-state index is -0.278. The van der Waals surface area contributed by atoms with Gasteiger partial charge in [0.25, 0.3) is 0 Å². The normalized spacial score (nSPS) is 12.0. The quantitative estimate of drug-likeness (QED) is 0.190. The van der Waals surface area contributed by atoms with Crippen molar-refractivity contribution in [3.63, 3.8) is 0 Å². The van der Waals surface area contributed by atoms with E-state index in [2.05, 4.69) is 155 Å². The molecule has 1 aliphatic rings. The molecule has 4 rings (SSSR count). The number of halogens is 3. The van der Waals surface area contributed by atoms with E-state index in [0.29, 0.717) is 6.73 Å². The molecular formula is C28H33I3NOV. The maximum absolute atomic E-state index is 4.58. The first-order valence-electron chi connectivity index (χ1n) is 11.2. The van der Waals surface area contributed by atoms with E-state index < -0.39 is 0 Å². The van der Waals surface area contributed by atoms with Crippen LogP contribution in [-0.2, 0) is 16.1 Å². The van der Waals surface area contributed by atoms with Crippen molar-refractivity contribution in [3.8, 4) is 0 Å². The number of aryl methyl sites for hydroxylation is 1. The second-order valence-electron chi connectivity index (χ2n) is 6.79. The Labute approximate surface area is 243 Å². The fraction of sp³-hybridized carbons (Fsp3) is 0.250. The van der Waals surface area contributed by atoms with Crippen LogP contribution in [0, 0.1) is 0 Å². The van der Waals surface area contributed by atoms with Crippen molar-refractivity contribution >= 4 is 77.3 Å². The summed E-state index contributed by atoms with van der Waals surface area (Å²) >= 11 is 7.39. The Kier molecular flexibility index (Phi) is 18.7. The second kappa shape index (κ2) is 19.9. The number of fused-ring (bicyclic) bond motifs is 1. The van der Waals surface area contributed by atoms with Gasteiger partial charge in [0.1, 0.15) is 6.73 Å². The third-order valence-electron chi connectivity index (χ3n) is 4.80. The van der Waals surface area contributed by atoms with Crippen molar-refractivity contribution in [2.75, 3.05) is 13.8 Å². The van der Waals surface area contributed by atoms with Crippen LogP contribution in [0.25, 0.3) is 11.1 Å². The Morgan fingerprint density at radius 2 is 1.29 bits per heavy atom. The summed E-state index contributed by atoms with van der Waals surface area (Å²) in [5.74, 6) is 0. The summed E-state index contributed by atoms with van der Waals surface area (Å²) in [4.78, 5) is 3.47. The number of hydrogen-bond donors (Lipinski definition) is 0. The summed E-state index contributed by atoms with van der Waals surface area (Å²) in [6.45, 7) is 6.34. The first-order valence-corrected chi connectivity index (χ1v) is 24.7. The van der Waals surface area contributed by atoms with Crippen LogP contribution in [0.2, 0.25) is 0 Å². The van der Waals surface area contributed by atoms with Gasteiger partial charge in [-0.15, -0.1) is 0 Å². The van der Waals surface area contributed by atoms with E-state index in [-0.39, 0.29) is 4.92 Å². The van der Waals surface area contributed by atoms with E-state index in [1.807, 2.05) is 20.8 Å². The molecule has 0 bridgehead atoms. The van der Waals surface area contributed by atoms with E-state index in [1.165, 1.54) is 33.4 Å². The Morgan fingerprint density at radius 1 is 0.794 bits per heavy atom. The molecule has 0 N–H and O–H groups in total. The number of methoxy groups -OCH3 is 1. The molecule has 2 nitrogen and oxygen atoms in total. The largest absolute Gasteiger partial charge is 0.0622 e. The molecule has 0 radical (unpaired) electrons. The summed E-state index contributed by atoms with van der Waals surface area (Å²) in [6.07, 6.45) is 3.94. The summed E-state index contributed by atoms with van der Waals surface area (Å²) in [5, 5.41) is 0. The van der Waals surface area contributed by atoms with Gasteiger partial charge in [-0.2, -0.15) is 0 Å². The zero-order valence-corrected chi connectivity index (χ0v) is 28.1. The summed E-state index contributed by atoms with van der Waals surface area (Å²) in [6, 6.07) is 30.4. The maximum atomic E-state index is 4.58. The van der Waals surface area contributed by atoms with Crippen molar-refractivity contribution < 1.29 is 9.66 Å². The molecule has 34 heavy (non-hydrogen) atoms. The van der Waals surface area contributed by atoms with Crippen LogP contribution in [0.3, 0.4) is 0 Å². The molecule has 0 atom stereocenters. The molecule has 0 fully saturated rings. The van der Waals surface area contributed by atoms with Crippen LogP contribution < -0.4 is 0 Å². The van der Waals surface area contributed by atoms with Gasteiger partial charge in [-0.1, -0.05) is 98.8 Å². The smallest absolute Gasteiger partial charge is 0.00705 e. The topological polar surface area (TPSA) is 21.6 Å². The molecule has 0 saturated carbocycles. The first kappa shape index (κ1) is 31.8. The molecule has 0 unspecified atom stereocenters. The van der Waals surface area contributed by atoms with E-state index in [1.54, 1.807) is 13.3 Å². The van der Waals surface area contributed by atoms with Crippen molar-refractivity contribution in [3.05, 3.63) is 107 Å². The molecule has 6 heteroatoms. The number of hydrogen-bond acceptors (Lipinski definition) is 2. The Balaban J connectivity index is 0.000000407. The first-order chi connectivity index (χ1) is 16.6. The average molecular weight is 831 g/mol. The monoisotopic (exact) mass is 831 g/mol. The molecule has 182 valence electrons. The van der Waals surface area contributed by atoms with E-state index in [9.17, 15) is 0 Å². The Hall–Kier alpha value is -0.196. The zero-order valence-electron chi connectivity index (χ0n) is 20.2. The van der Waals surface area contributed by atoms with Gasteiger partial charge in [-0.05, 0) is 59.4 Å². The second-order valence-corrected chi connectivity index (χ2v) is 42.2. The SMILES string of the molecule is CC.CC=NCOC.[I][V]([I])[I].c1ccc(C2=C(c3ccccc3)c3ccccc3CC2)cc1. The number of aliphatic imine (C=N–C) groups is 1. The van der Waals surface area contributed by atoms with Crippen molar-refractivity contribution in [1.82, 2.24) is 0 Å². The van der Waals surface area contributed by atoms with Gasteiger partial charge < -0.3 is 4.74 Å². The van der Waals surface area contributed by atoms with Gasteiger partial charge in [0.05, 0.1) is 0 Å². The van der Waals surface area contributed by atoms with Gasteiger partial charge in [-0.25, -0.2) is 0 Å². The molecule has 1 aliphatic carbocycles. The maximum Gasteiger partial charge on any atom is -0.00705 e. The van der Waals surface area contributed by atoms with Crippen LogP contribution in [0.1, 0.15) is 49.4 Å². The van der Waals surface area contributed by atoms with Crippen molar-refractivity contribution in [1.29, 1.82) is 0 Å². The minimum Gasteiger partial charge on any atom is -0.0622 e. The number of ether oxygens (including phenoxy) is 1. The molecule has 3 aromatic rings. The summed E-state index contributed by atoms with van der Waals surface area (Å²) < 4.78 is 4.58. The predicted molar refractivity (Wildman–Crippen MR) is 173 cm³/mol. The summed E-state index contributed by atoms with van der Waals surface area (Å²) in [5.41, 5.74) is 8.36. The molecular weight excluding hydrogens is 798 g/mol. The molecule has 0 heterocycles. The standard InChI is InChI=1S/C22H18.C4H9NO.C2H6.3HI.V/c1-3-9-17(10-4-1)21-16-15-18-11-7-8-14-20(18)22(21)19-12-5-2-6-13-19;1-3-5-4-6-2;1-2;;;;/h1-14H,15-16H2;3H,4H2,1-2H3;1-2H3;3*1H;/q;;;;;;+3/p-3. The fourth-order valence-corrected chi connectivity index (χ4v) is 3.54. The average Bonchev–Trinajstić information content (AvgIpc) is 2.89. The molecule has 0 aromatic heterocycles. The Bertz CT molecular complexity index is 990. The van der Waals surface area contributed by atoms with Crippen LogP contribution in [0.4, 0.5) is 0 Å². The molecule has 0 aliphatic heterocycles. The van der Waals surface area contributed by atoms with Crippen LogP contribution in [0.5, 0.6) is 0 Å². The van der Waals surface area contributed by atoms with Gasteiger partial charge in [0.15, 0.2) is 0 Å². The van der Waals surface area contributed by atoms with Crippen LogP contribution in [0.15, 0.2) is 89.9 Å². The van der Waals surface area contributed by atoms with Crippen LogP contribution >= 0.6 is 59.9 Å². The molecule has 0 spiro atoms. The van der Waals surface area contributed by atoms with Gasteiger partial charge in [0.2, 0.25) is 0 Å². The zero-order chi connectivity index (χ0) is 25.2. The van der Waals surface area contributed by atoms with Gasteiger partial charge in [-0.3, -0.25) is 4.99 Å². The number of benzene rings is 3. The third kappa shape index (κ3) is 11.7. The number of nitrogens with zero attached hydrogens (tertiary/aromatic N) is 1. The minimum absolute atomic E-state index is 0.278. The van der Waals surface area contributed by atoms with E-state index in [4.69, 9.17) is 0 Å². The van der Waals surface area contributed by atoms with E-state index in [0.717, 1.165) is 12.8 Å². The van der Waals surface area contributed by atoms with Gasteiger partial charge in [0, 0.05) is 7.11 Å². The third-order valence-corrected chi connectivity index (χ3v) is 4.80. The molecule has 0 saturated heterocycles. The molecule has 0 amide bonds. The van der Waals surface area contributed by atoms with Gasteiger partial charge >= 0.3 is 64.9 Å². The van der Waals surface area contributed by atoms with E-state index >= 15 is 0 Å². The predicted octanol–water partition coefficient (Wildman–Crippen LogP) is 9.95. The van der Waals surface area contributed by atoms with Crippen molar-refractivity contribution in [2.45, 2.75) is 33.6 Å². The number of allylic oxidation sites excluding steroid dienone is 1.